The fourth-order valence-electron chi connectivity index (χ4n) is 4.64. The van der Waals surface area contributed by atoms with Crippen molar-refractivity contribution in [3.05, 3.63) is 129 Å². The molecule has 1 atom stereocenters. The predicted molar refractivity (Wildman–Crippen MR) is 177 cm³/mol. The largest absolute Gasteiger partial charge is 0.352 e. The Morgan fingerprint density at radius 3 is 2.09 bits per heavy atom. The molecule has 11 heteroatoms. The zero-order valence-electron chi connectivity index (χ0n) is 24.2. The van der Waals surface area contributed by atoms with Crippen molar-refractivity contribution in [3.8, 4) is 0 Å². The van der Waals surface area contributed by atoms with E-state index in [4.69, 9.17) is 34.8 Å². The first-order chi connectivity index (χ1) is 21.0. The van der Waals surface area contributed by atoms with Crippen LogP contribution < -0.4 is 9.62 Å². The van der Waals surface area contributed by atoms with E-state index in [0.717, 1.165) is 9.87 Å². The smallest absolute Gasteiger partial charge is 0.264 e. The van der Waals surface area contributed by atoms with Crippen molar-refractivity contribution in [1.82, 2.24) is 10.2 Å². The van der Waals surface area contributed by atoms with Crippen LogP contribution in [0.2, 0.25) is 15.1 Å². The van der Waals surface area contributed by atoms with E-state index in [0.29, 0.717) is 15.6 Å². The Hall–Kier alpha value is -3.56. The number of carbonyl (C=O) groups excluding carboxylic acids is 2. The summed E-state index contributed by atoms with van der Waals surface area (Å²) in [7, 11) is -4.28. The summed E-state index contributed by atoms with van der Waals surface area (Å²) in [6.45, 7) is 3.01. The van der Waals surface area contributed by atoms with Crippen LogP contribution in [0.3, 0.4) is 0 Å². The lowest BCUT2D eigenvalue weighted by Gasteiger charge is -2.34. The Morgan fingerprint density at radius 1 is 0.795 bits per heavy atom. The lowest BCUT2D eigenvalue weighted by Crippen LogP contribution is -2.54. The van der Waals surface area contributed by atoms with E-state index < -0.39 is 28.5 Å². The molecule has 4 aromatic carbocycles. The van der Waals surface area contributed by atoms with Crippen molar-refractivity contribution < 1.29 is 18.0 Å². The van der Waals surface area contributed by atoms with Gasteiger partial charge in [-0.05, 0) is 73.5 Å². The number of rotatable bonds is 12. The van der Waals surface area contributed by atoms with Gasteiger partial charge in [-0.25, -0.2) is 8.42 Å². The third-order valence-corrected chi connectivity index (χ3v) is 9.42. The topological polar surface area (TPSA) is 86.8 Å². The zero-order chi connectivity index (χ0) is 31.9. The van der Waals surface area contributed by atoms with Crippen molar-refractivity contribution in [2.45, 2.75) is 43.8 Å². The molecule has 0 aliphatic carbocycles. The number of carbonyl (C=O) groups is 2. The van der Waals surface area contributed by atoms with E-state index in [1.54, 1.807) is 42.5 Å². The second-order valence-corrected chi connectivity index (χ2v) is 13.6. The summed E-state index contributed by atoms with van der Waals surface area (Å²) in [6, 6.07) is 27.0. The first kappa shape index (κ1) is 33.3. The number of hydrogen-bond donors (Lipinski definition) is 1. The fraction of sp³-hybridized carbons (Fsp3) is 0.212. The van der Waals surface area contributed by atoms with Gasteiger partial charge in [0.05, 0.1) is 10.6 Å². The van der Waals surface area contributed by atoms with E-state index in [1.807, 2.05) is 44.2 Å². The maximum absolute atomic E-state index is 14.4. The molecule has 230 valence electrons. The monoisotopic (exact) mass is 671 g/mol. The zero-order valence-corrected chi connectivity index (χ0v) is 27.2. The molecule has 0 saturated heterocycles. The van der Waals surface area contributed by atoms with Gasteiger partial charge in [-0.3, -0.25) is 13.9 Å². The number of benzene rings is 4. The van der Waals surface area contributed by atoms with Crippen molar-refractivity contribution >= 4 is 62.3 Å². The van der Waals surface area contributed by atoms with Crippen molar-refractivity contribution in [2.75, 3.05) is 10.8 Å². The van der Waals surface area contributed by atoms with Gasteiger partial charge < -0.3 is 10.2 Å². The molecule has 0 spiro atoms. The minimum Gasteiger partial charge on any atom is -0.352 e. The quantitative estimate of drug-likeness (QED) is 0.176. The van der Waals surface area contributed by atoms with Crippen LogP contribution in [0.25, 0.3) is 0 Å². The van der Waals surface area contributed by atoms with Crippen molar-refractivity contribution in [1.29, 1.82) is 0 Å². The SMILES string of the molecule is CC(C)NC(=O)[C@H](Cc1ccccc1)N(Cc1ccccc1Cl)C(=O)CN(c1cccc(Cl)c1)S(=O)(=O)c1ccc(Cl)cc1. The normalized spacial score (nSPS) is 12.0. The van der Waals surface area contributed by atoms with Gasteiger partial charge in [0.25, 0.3) is 10.0 Å². The minimum absolute atomic E-state index is 0.0358. The maximum atomic E-state index is 14.4. The number of hydrogen-bond acceptors (Lipinski definition) is 4. The number of nitrogens with one attached hydrogen (secondary N) is 1. The molecular weight excluding hydrogens is 641 g/mol. The molecular formula is C33H32Cl3N3O4S. The Balaban J connectivity index is 1.82. The number of amides is 2. The molecule has 0 saturated carbocycles. The van der Waals surface area contributed by atoms with E-state index >= 15 is 0 Å². The fourth-order valence-corrected chi connectivity index (χ4v) is 6.55. The second-order valence-electron chi connectivity index (χ2n) is 10.4. The van der Waals surface area contributed by atoms with Crippen LogP contribution >= 0.6 is 34.8 Å². The molecule has 0 radical (unpaired) electrons. The lowest BCUT2D eigenvalue weighted by atomic mass is 10.0. The van der Waals surface area contributed by atoms with Crippen LogP contribution in [0, 0.1) is 0 Å². The molecule has 44 heavy (non-hydrogen) atoms. The average molecular weight is 673 g/mol. The maximum Gasteiger partial charge on any atom is 0.264 e. The summed E-state index contributed by atoms with van der Waals surface area (Å²) in [6.07, 6.45) is 0.191. The highest BCUT2D eigenvalue weighted by atomic mass is 35.5. The van der Waals surface area contributed by atoms with Crippen molar-refractivity contribution in [2.24, 2.45) is 0 Å². The predicted octanol–water partition coefficient (Wildman–Crippen LogP) is 7.01. The standard InChI is InChI=1S/C33H32Cl3N3O4S/c1-23(2)37-33(41)31(19-24-9-4-3-5-10-24)38(21-25-11-6-7-14-30(25)36)32(40)22-39(28-13-8-12-27(35)20-28)44(42,43)29-17-15-26(34)16-18-29/h3-18,20,23,31H,19,21-22H2,1-2H3,(H,37,41)/t31-/m0/s1. The molecule has 4 aromatic rings. The molecule has 0 aliphatic rings. The molecule has 4 rings (SSSR count). The van der Waals surface area contributed by atoms with Gasteiger partial charge in [-0.2, -0.15) is 0 Å². The molecule has 0 aromatic heterocycles. The van der Waals surface area contributed by atoms with E-state index in [2.05, 4.69) is 5.32 Å². The number of halogens is 3. The third-order valence-electron chi connectivity index (χ3n) is 6.78. The van der Waals surface area contributed by atoms with E-state index in [-0.39, 0.29) is 40.5 Å². The van der Waals surface area contributed by atoms with Gasteiger partial charge in [0.15, 0.2) is 0 Å². The van der Waals surface area contributed by atoms with Crippen molar-refractivity contribution in [3.63, 3.8) is 0 Å². The molecule has 0 unspecified atom stereocenters. The minimum atomic E-state index is -4.28. The van der Waals surface area contributed by atoms with Crippen LogP contribution in [0.1, 0.15) is 25.0 Å². The molecule has 1 N–H and O–H groups in total. The van der Waals surface area contributed by atoms with Crippen LogP contribution in [0.5, 0.6) is 0 Å². The molecule has 0 bridgehead atoms. The van der Waals surface area contributed by atoms with Gasteiger partial charge in [0.2, 0.25) is 11.8 Å². The highest BCUT2D eigenvalue weighted by molar-refractivity contribution is 7.92. The van der Waals surface area contributed by atoms with Gasteiger partial charge >= 0.3 is 0 Å². The third kappa shape index (κ3) is 8.54. The van der Waals surface area contributed by atoms with Crippen LogP contribution in [0.4, 0.5) is 5.69 Å². The Bertz CT molecular complexity index is 1700. The van der Waals surface area contributed by atoms with Gasteiger partial charge in [0, 0.05) is 34.1 Å². The summed E-state index contributed by atoms with van der Waals surface area (Å²) < 4.78 is 29.1. The molecule has 0 aliphatic heterocycles. The Labute approximate surface area is 273 Å². The number of nitrogens with zero attached hydrogens (tertiary/aromatic N) is 2. The van der Waals surface area contributed by atoms with Crippen LogP contribution in [0.15, 0.2) is 108 Å². The number of anilines is 1. The first-order valence-corrected chi connectivity index (χ1v) is 16.4. The average Bonchev–Trinajstić information content (AvgIpc) is 2.98. The van der Waals surface area contributed by atoms with Crippen LogP contribution in [-0.4, -0.2) is 43.8 Å². The number of sulfonamides is 1. The molecule has 2 amide bonds. The molecule has 7 nitrogen and oxygen atoms in total. The second kappa shape index (κ2) is 14.9. The van der Waals surface area contributed by atoms with Gasteiger partial charge in [-0.1, -0.05) is 89.4 Å². The summed E-state index contributed by atoms with van der Waals surface area (Å²) in [4.78, 5) is 29.5. The Morgan fingerprint density at radius 2 is 1.45 bits per heavy atom. The summed E-state index contributed by atoms with van der Waals surface area (Å²) in [5.74, 6) is -0.985. The summed E-state index contributed by atoms with van der Waals surface area (Å²) in [5, 5.41) is 3.99. The highest BCUT2D eigenvalue weighted by Crippen LogP contribution is 2.28. The molecule has 0 heterocycles. The Kier molecular flexibility index (Phi) is 11.3. The van der Waals surface area contributed by atoms with E-state index in [1.165, 1.54) is 35.2 Å². The lowest BCUT2D eigenvalue weighted by molar-refractivity contribution is -0.140. The van der Waals surface area contributed by atoms with Gasteiger partial charge in [-0.15, -0.1) is 0 Å². The highest BCUT2D eigenvalue weighted by Gasteiger charge is 2.35. The molecule has 0 fully saturated rings. The first-order valence-electron chi connectivity index (χ1n) is 13.9. The summed E-state index contributed by atoms with van der Waals surface area (Å²) in [5.41, 5.74) is 1.62. The van der Waals surface area contributed by atoms with E-state index in [9.17, 15) is 18.0 Å². The summed E-state index contributed by atoms with van der Waals surface area (Å²) >= 11 is 18.8. The van der Waals surface area contributed by atoms with Gasteiger partial charge in [0.1, 0.15) is 12.6 Å². The van der Waals surface area contributed by atoms with Crippen LogP contribution in [-0.2, 0) is 32.6 Å².